The molecule has 0 saturated carbocycles. The van der Waals surface area contributed by atoms with Gasteiger partial charge in [0.05, 0.1) is 13.2 Å². The summed E-state index contributed by atoms with van der Waals surface area (Å²) in [5.41, 5.74) is 3.40. The van der Waals surface area contributed by atoms with E-state index in [2.05, 4.69) is 16.0 Å². The monoisotopic (exact) mass is 994 g/mol. The summed E-state index contributed by atoms with van der Waals surface area (Å²) < 4.78 is 27.3. The van der Waals surface area contributed by atoms with Crippen LogP contribution in [0.1, 0.15) is 55.0 Å². The zero-order valence-corrected chi connectivity index (χ0v) is 40.8. The van der Waals surface area contributed by atoms with Crippen molar-refractivity contribution in [2.75, 3.05) is 20.7 Å². The van der Waals surface area contributed by atoms with Gasteiger partial charge in [-0.15, -0.1) is 0 Å². The van der Waals surface area contributed by atoms with E-state index in [0.717, 1.165) is 28.7 Å². The van der Waals surface area contributed by atoms with Crippen molar-refractivity contribution in [2.24, 2.45) is 0 Å². The number of amides is 4. The second-order valence-electron chi connectivity index (χ2n) is 17.4. The third-order valence-corrected chi connectivity index (χ3v) is 11.2. The van der Waals surface area contributed by atoms with Gasteiger partial charge in [-0.2, -0.15) is 0 Å². The number of aliphatic hydroxyl groups is 1. The Kier molecular flexibility index (Phi) is 20.2. The van der Waals surface area contributed by atoms with Gasteiger partial charge in [0.15, 0.2) is 0 Å². The lowest BCUT2D eigenvalue weighted by Crippen LogP contribution is -2.55. The zero-order valence-electron chi connectivity index (χ0n) is 40.1. The molecule has 0 spiro atoms. The number of hydrogen-bond donors (Lipinski definition) is 5. The van der Waals surface area contributed by atoms with E-state index in [1.54, 1.807) is 106 Å². The highest BCUT2D eigenvalue weighted by molar-refractivity contribution is 6.31. The van der Waals surface area contributed by atoms with Crippen molar-refractivity contribution in [3.63, 3.8) is 0 Å². The molecular weight excluding hydrogens is 936 g/mol. The molecule has 4 atom stereocenters. The number of hydrogen-bond acceptors (Lipinski definition) is 12. The summed E-state index contributed by atoms with van der Waals surface area (Å²) in [6.45, 7) is 4.62. The lowest BCUT2D eigenvalue weighted by Gasteiger charge is -2.31. The van der Waals surface area contributed by atoms with Crippen LogP contribution in [0.25, 0.3) is 11.1 Å². The molecule has 5 aromatic rings. The van der Waals surface area contributed by atoms with Gasteiger partial charge in [-0.05, 0) is 84.0 Å². The van der Waals surface area contributed by atoms with Crippen LogP contribution in [0.3, 0.4) is 0 Å². The number of halogens is 1. The fourth-order valence-corrected chi connectivity index (χ4v) is 7.35. The molecule has 5 N–H and O–H groups in total. The summed E-state index contributed by atoms with van der Waals surface area (Å²) in [5.74, 6) is -2.57. The van der Waals surface area contributed by atoms with Crippen LogP contribution in [0.5, 0.6) is 5.75 Å². The highest BCUT2D eigenvalue weighted by Gasteiger charge is 2.35. The number of methoxy groups -OCH3 is 1. The van der Waals surface area contributed by atoms with E-state index in [1.165, 1.54) is 7.05 Å². The average Bonchev–Trinajstić information content (AvgIpc) is 3.35. The van der Waals surface area contributed by atoms with E-state index >= 15 is 0 Å². The smallest absolute Gasteiger partial charge is 0.408 e. The quantitative estimate of drug-likeness (QED) is 0.0333. The Morgan fingerprint density at radius 1 is 0.662 bits per heavy atom. The number of ether oxygens (including phenoxy) is 5. The van der Waals surface area contributed by atoms with Crippen molar-refractivity contribution in [1.82, 2.24) is 20.9 Å². The van der Waals surface area contributed by atoms with Crippen LogP contribution in [-0.4, -0.2) is 102 Å². The van der Waals surface area contributed by atoms with Crippen LogP contribution in [0, 0.1) is 0 Å². The lowest BCUT2D eigenvalue weighted by molar-refractivity contribution is -0.152. The summed E-state index contributed by atoms with van der Waals surface area (Å²) >= 11 is 6.77. The van der Waals surface area contributed by atoms with Crippen LogP contribution >= 0.6 is 11.6 Å². The number of rotatable bonds is 22. The van der Waals surface area contributed by atoms with Crippen molar-refractivity contribution in [3.05, 3.63) is 160 Å². The number of carbonyl (C=O) groups excluding carboxylic acids is 5. The van der Waals surface area contributed by atoms with Gasteiger partial charge in [-0.1, -0.05) is 115 Å². The number of carboxylic acid groups (broad SMARTS) is 1. The van der Waals surface area contributed by atoms with Crippen molar-refractivity contribution >= 4 is 47.7 Å². The van der Waals surface area contributed by atoms with Crippen molar-refractivity contribution in [2.45, 2.75) is 89.7 Å². The first kappa shape index (κ1) is 54.3. The molecule has 0 fully saturated rings. The number of carboxylic acids is 1. The van der Waals surface area contributed by atoms with Crippen molar-refractivity contribution in [3.8, 4) is 16.9 Å². The predicted molar refractivity (Wildman–Crippen MR) is 263 cm³/mol. The summed E-state index contributed by atoms with van der Waals surface area (Å²) in [6.07, 6.45) is -4.89. The number of benzene rings is 5. The molecule has 18 heteroatoms. The number of likely N-dealkylation sites (N-methyl/N-ethyl adjacent to an activating group) is 1. The van der Waals surface area contributed by atoms with Crippen LogP contribution in [-0.2, 0) is 66.0 Å². The first-order valence-electron chi connectivity index (χ1n) is 22.6. The molecule has 0 aliphatic heterocycles. The molecule has 71 heavy (non-hydrogen) atoms. The zero-order chi connectivity index (χ0) is 51.5. The molecule has 4 amide bonds. The molecule has 0 aliphatic carbocycles. The normalized spacial score (nSPS) is 12.7. The molecular formula is C53H59ClN4O13. The van der Waals surface area contributed by atoms with E-state index in [4.69, 9.17) is 35.3 Å². The Morgan fingerprint density at radius 3 is 1.73 bits per heavy atom. The molecule has 0 unspecified atom stereocenters. The summed E-state index contributed by atoms with van der Waals surface area (Å²) in [5, 5.41) is 28.9. The average molecular weight is 996 g/mol. The van der Waals surface area contributed by atoms with Gasteiger partial charge in [0.1, 0.15) is 49.3 Å². The molecule has 0 bridgehead atoms. The maximum absolute atomic E-state index is 14.3. The highest BCUT2D eigenvalue weighted by atomic mass is 35.5. The summed E-state index contributed by atoms with van der Waals surface area (Å²) in [4.78, 5) is 79.9. The van der Waals surface area contributed by atoms with Crippen LogP contribution in [0.2, 0.25) is 5.02 Å². The van der Waals surface area contributed by atoms with Gasteiger partial charge in [0.25, 0.3) is 0 Å². The van der Waals surface area contributed by atoms with Gasteiger partial charge >= 0.3 is 30.2 Å². The largest absolute Gasteiger partial charge is 0.489 e. The molecule has 0 saturated heterocycles. The molecule has 5 aromatic carbocycles. The van der Waals surface area contributed by atoms with Gasteiger partial charge in [-0.3, -0.25) is 4.79 Å². The number of esters is 1. The molecule has 376 valence electrons. The van der Waals surface area contributed by atoms with Crippen LogP contribution in [0.15, 0.2) is 127 Å². The second kappa shape index (κ2) is 26.4. The third-order valence-electron chi connectivity index (χ3n) is 10.8. The topological polar surface area (TPSA) is 228 Å². The maximum atomic E-state index is 14.3. The Morgan fingerprint density at radius 2 is 1.18 bits per heavy atom. The van der Waals surface area contributed by atoms with Crippen molar-refractivity contribution in [1.29, 1.82) is 0 Å². The minimum Gasteiger partial charge on any atom is -0.489 e. The highest BCUT2D eigenvalue weighted by Crippen LogP contribution is 2.32. The number of nitrogens with one attached hydrogen (secondary N) is 3. The maximum Gasteiger partial charge on any atom is 0.408 e. The lowest BCUT2D eigenvalue weighted by atomic mass is 9.95. The molecule has 0 aliphatic rings. The fourth-order valence-electron chi connectivity index (χ4n) is 7.16. The van der Waals surface area contributed by atoms with Crippen molar-refractivity contribution < 1.29 is 62.7 Å². The fraction of sp³-hybridized carbons (Fsp3) is 0.321. The molecule has 0 aromatic heterocycles. The number of alkyl carbamates (subject to hydrolysis) is 3. The summed E-state index contributed by atoms with van der Waals surface area (Å²) in [7, 11) is 2.49. The van der Waals surface area contributed by atoms with Crippen LogP contribution in [0.4, 0.5) is 14.4 Å². The third kappa shape index (κ3) is 17.7. The van der Waals surface area contributed by atoms with E-state index in [-0.39, 0.29) is 44.2 Å². The molecule has 5 rings (SSSR count). The number of aliphatic carboxylic acids is 1. The van der Waals surface area contributed by atoms with Crippen LogP contribution < -0.4 is 20.7 Å². The molecule has 0 heterocycles. The second-order valence-corrected chi connectivity index (χ2v) is 17.8. The van der Waals surface area contributed by atoms with Gasteiger partial charge in [0.2, 0.25) is 5.91 Å². The summed E-state index contributed by atoms with van der Waals surface area (Å²) in [6, 6.07) is 33.3. The Labute approximate surface area is 417 Å². The standard InChI is InChI=1S/C53H59ClN4O13/c1-53(2,3)71-52(66)56-43(29-41(59)30-55-50(64)69-32-35-17-11-7-12-18-35)47(60)58(4)45(49(63)67-5)28-39-25-37(21-23-42(39)54)38-22-24-46(68-31-34-15-9-6-10-16-34)40(26-38)27-44(48(61)62)57-51(65)70-33-36-19-13-8-14-20-36/h6-26,41,43-45,59H,27-33H2,1-5H3,(H,55,64)(H,56,66)(H,57,65)(H,61,62)/t41-,43+,44+,45+/m1/s1. The SMILES string of the molecule is COC(=O)[C@H](Cc1cc(-c2ccc(OCc3ccccc3)c(C[C@H](NC(=O)OCc3ccccc3)C(=O)O)c2)ccc1Cl)N(C)C(=O)[C@H](C[C@@H](O)CNC(=O)OCc1ccccc1)NC(=O)OC(C)(C)C. The number of carbonyl (C=O) groups is 6. The number of aliphatic hydroxyl groups excluding tert-OH is 1. The van der Waals surface area contributed by atoms with E-state index in [9.17, 15) is 39.0 Å². The minimum absolute atomic E-state index is 0.0192. The Hall–Kier alpha value is -7.63. The Balaban J connectivity index is 1.37. The van der Waals surface area contributed by atoms with E-state index in [1.807, 2.05) is 42.5 Å². The Bertz CT molecular complexity index is 2580. The minimum atomic E-state index is -1.46. The molecule has 0 radical (unpaired) electrons. The van der Waals surface area contributed by atoms with Gasteiger partial charge in [0, 0.05) is 37.9 Å². The van der Waals surface area contributed by atoms with Gasteiger partial charge in [-0.25, -0.2) is 24.0 Å². The first-order valence-corrected chi connectivity index (χ1v) is 23.0. The van der Waals surface area contributed by atoms with E-state index < -0.39 is 72.4 Å². The van der Waals surface area contributed by atoms with Gasteiger partial charge < -0.3 is 54.7 Å². The predicted octanol–water partition coefficient (Wildman–Crippen LogP) is 7.62. The first-order chi connectivity index (χ1) is 33.9. The molecule has 17 nitrogen and oxygen atoms in total. The van der Waals surface area contributed by atoms with E-state index in [0.29, 0.717) is 28.0 Å². The number of nitrogens with zero attached hydrogens (tertiary/aromatic N) is 1.